The van der Waals surface area contributed by atoms with Crippen molar-refractivity contribution >= 4 is 17.6 Å². The van der Waals surface area contributed by atoms with E-state index in [0.29, 0.717) is 0 Å². The fourth-order valence-corrected chi connectivity index (χ4v) is 0.259. The largest absolute Gasteiger partial charge is 0.423 e. The lowest BCUT2D eigenvalue weighted by molar-refractivity contribution is -0.147. The lowest BCUT2D eigenvalue weighted by atomic mass is 10.6. The van der Waals surface area contributed by atoms with Gasteiger partial charge in [0.2, 0.25) is 0 Å². The van der Waals surface area contributed by atoms with E-state index in [0.717, 1.165) is 6.08 Å². The first-order valence-corrected chi connectivity index (χ1v) is 2.77. The molecule has 4 heteroatoms. The SMILES string of the molecule is C=CC(F)OC(=O)C(=C)Cl. The first-order valence-electron chi connectivity index (χ1n) is 2.40. The van der Waals surface area contributed by atoms with Crippen molar-refractivity contribution in [2.75, 3.05) is 0 Å². The van der Waals surface area contributed by atoms with E-state index >= 15 is 0 Å². The van der Waals surface area contributed by atoms with Crippen LogP contribution in [0.2, 0.25) is 0 Å². The second-order valence-corrected chi connectivity index (χ2v) is 1.85. The van der Waals surface area contributed by atoms with Crippen LogP contribution in [0.15, 0.2) is 24.3 Å². The van der Waals surface area contributed by atoms with Gasteiger partial charge in [-0.3, -0.25) is 0 Å². The Morgan fingerprint density at radius 2 is 2.30 bits per heavy atom. The first kappa shape index (κ1) is 9.17. The summed E-state index contributed by atoms with van der Waals surface area (Å²) in [5.41, 5.74) is 0. The van der Waals surface area contributed by atoms with E-state index in [4.69, 9.17) is 11.6 Å². The van der Waals surface area contributed by atoms with Gasteiger partial charge in [-0.15, -0.1) is 0 Å². The van der Waals surface area contributed by atoms with Gasteiger partial charge in [0.15, 0.2) is 0 Å². The summed E-state index contributed by atoms with van der Waals surface area (Å²) in [6.07, 6.45) is -0.986. The predicted molar refractivity (Wildman–Crippen MR) is 36.2 cm³/mol. The zero-order chi connectivity index (χ0) is 8.15. The summed E-state index contributed by atoms with van der Waals surface area (Å²) < 4.78 is 16.1. The van der Waals surface area contributed by atoms with E-state index < -0.39 is 12.3 Å². The second-order valence-electron chi connectivity index (χ2n) is 1.40. The van der Waals surface area contributed by atoms with Crippen LogP contribution in [0.5, 0.6) is 0 Å². The van der Waals surface area contributed by atoms with Crippen LogP contribution < -0.4 is 0 Å². The van der Waals surface area contributed by atoms with Crippen molar-refractivity contribution in [3.63, 3.8) is 0 Å². The van der Waals surface area contributed by atoms with E-state index in [1.807, 2.05) is 0 Å². The average Bonchev–Trinajstić information content (AvgIpc) is 1.87. The molecule has 0 fully saturated rings. The summed E-state index contributed by atoms with van der Waals surface area (Å²) in [4.78, 5) is 10.4. The lowest BCUT2D eigenvalue weighted by Crippen LogP contribution is -2.10. The molecule has 1 unspecified atom stereocenters. The predicted octanol–water partition coefficient (Wildman–Crippen LogP) is 1.76. The summed E-state index contributed by atoms with van der Waals surface area (Å²) in [6.45, 7) is 6.08. The van der Waals surface area contributed by atoms with Crippen molar-refractivity contribution in [3.8, 4) is 0 Å². The molecule has 0 aliphatic rings. The highest BCUT2D eigenvalue weighted by Crippen LogP contribution is 2.03. The molecule has 0 aliphatic carbocycles. The lowest BCUT2D eigenvalue weighted by Gasteiger charge is -2.02. The molecular weight excluding hydrogens is 159 g/mol. The van der Waals surface area contributed by atoms with Crippen molar-refractivity contribution in [2.24, 2.45) is 0 Å². The molecule has 2 nitrogen and oxygen atoms in total. The zero-order valence-corrected chi connectivity index (χ0v) is 5.90. The molecule has 0 rings (SSSR count). The van der Waals surface area contributed by atoms with Gasteiger partial charge in [-0.25, -0.2) is 4.79 Å². The van der Waals surface area contributed by atoms with Crippen LogP contribution in [0.25, 0.3) is 0 Å². The number of ether oxygens (including phenoxy) is 1. The maximum absolute atomic E-state index is 12.1. The quantitative estimate of drug-likeness (QED) is 0.361. The van der Waals surface area contributed by atoms with Gasteiger partial charge in [-0.05, 0) is 6.08 Å². The summed E-state index contributed by atoms with van der Waals surface area (Å²) in [5.74, 6) is -0.978. The normalized spacial score (nSPS) is 11.8. The highest BCUT2D eigenvalue weighted by atomic mass is 35.5. The van der Waals surface area contributed by atoms with Crippen molar-refractivity contribution in [3.05, 3.63) is 24.3 Å². The third kappa shape index (κ3) is 3.25. The topological polar surface area (TPSA) is 26.3 Å². The molecule has 0 aromatic rings. The van der Waals surface area contributed by atoms with Gasteiger partial charge >= 0.3 is 5.97 Å². The Morgan fingerprint density at radius 1 is 1.80 bits per heavy atom. The number of esters is 1. The van der Waals surface area contributed by atoms with Gasteiger partial charge in [0.05, 0.1) is 0 Å². The van der Waals surface area contributed by atoms with Gasteiger partial charge in [0.1, 0.15) is 5.03 Å². The average molecular weight is 165 g/mol. The maximum atomic E-state index is 12.1. The molecule has 0 saturated heterocycles. The Bertz CT molecular complexity index is 167. The van der Waals surface area contributed by atoms with Crippen LogP contribution in [0.1, 0.15) is 0 Å². The van der Waals surface area contributed by atoms with Crippen LogP contribution in [-0.2, 0) is 9.53 Å². The van der Waals surface area contributed by atoms with Crippen LogP contribution in [-0.4, -0.2) is 12.3 Å². The molecule has 0 N–H and O–H groups in total. The molecule has 0 bridgehead atoms. The van der Waals surface area contributed by atoms with Crippen LogP contribution in [0.4, 0.5) is 4.39 Å². The molecule has 0 aromatic carbocycles. The molecule has 0 saturated carbocycles. The monoisotopic (exact) mass is 164 g/mol. The van der Waals surface area contributed by atoms with Gasteiger partial charge in [-0.2, -0.15) is 4.39 Å². The number of hydrogen-bond acceptors (Lipinski definition) is 2. The molecule has 10 heavy (non-hydrogen) atoms. The molecule has 0 heterocycles. The summed E-state index contributed by atoms with van der Waals surface area (Å²) in [5, 5.41) is -0.357. The number of carbonyl (C=O) groups excluding carboxylic acids is 1. The van der Waals surface area contributed by atoms with E-state index in [2.05, 4.69) is 17.9 Å². The number of rotatable bonds is 3. The number of alkyl halides is 1. The number of carbonyl (C=O) groups is 1. The Kier molecular flexibility index (Phi) is 3.72. The summed E-state index contributed by atoms with van der Waals surface area (Å²) >= 11 is 5.06. The minimum absolute atomic E-state index is 0.357. The highest BCUT2D eigenvalue weighted by Gasteiger charge is 2.09. The van der Waals surface area contributed by atoms with Crippen LogP contribution in [0.3, 0.4) is 0 Å². The Labute approximate surface area is 62.9 Å². The Hall–Kier alpha value is -0.830. The third-order valence-corrected chi connectivity index (χ3v) is 0.781. The van der Waals surface area contributed by atoms with Gasteiger partial charge in [0, 0.05) is 0 Å². The fourth-order valence-electron chi connectivity index (χ4n) is 0.214. The Balaban J connectivity index is 3.79. The van der Waals surface area contributed by atoms with Crippen molar-refractivity contribution < 1.29 is 13.9 Å². The molecule has 0 spiro atoms. The van der Waals surface area contributed by atoms with Gasteiger partial charge in [0.25, 0.3) is 6.36 Å². The minimum Gasteiger partial charge on any atom is -0.423 e. The summed E-state index contributed by atoms with van der Waals surface area (Å²) in [7, 11) is 0. The van der Waals surface area contributed by atoms with E-state index in [-0.39, 0.29) is 5.03 Å². The van der Waals surface area contributed by atoms with Crippen LogP contribution >= 0.6 is 11.6 Å². The molecule has 56 valence electrons. The minimum atomic E-state index is -1.82. The van der Waals surface area contributed by atoms with Crippen molar-refractivity contribution in [1.29, 1.82) is 0 Å². The highest BCUT2D eigenvalue weighted by molar-refractivity contribution is 6.40. The van der Waals surface area contributed by atoms with Gasteiger partial charge < -0.3 is 4.74 Å². The van der Waals surface area contributed by atoms with Gasteiger partial charge in [-0.1, -0.05) is 24.8 Å². The second kappa shape index (κ2) is 4.06. The van der Waals surface area contributed by atoms with E-state index in [1.165, 1.54) is 0 Å². The van der Waals surface area contributed by atoms with Crippen molar-refractivity contribution in [1.82, 2.24) is 0 Å². The number of hydrogen-bond donors (Lipinski definition) is 0. The smallest absolute Gasteiger partial charge is 0.351 e. The molecule has 0 aromatic heterocycles. The fraction of sp³-hybridized carbons (Fsp3) is 0.167. The summed E-state index contributed by atoms with van der Waals surface area (Å²) in [6, 6.07) is 0. The molecule has 0 aliphatic heterocycles. The molecule has 0 radical (unpaired) electrons. The zero-order valence-electron chi connectivity index (χ0n) is 5.14. The first-order chi connectivity index (χ1) is 4.57. The molecular formula is C6H6ClFO2. The third-order valence-electron chi connectivity index (χ3n) is 0.626. The Morgan fingerprint density at radius 3 is 2.60 bits per heavy atom. The maximum Gasteiger partial charge on any atom is 0.351 e. The van der Waals surface area contributed by atoms with Crippen LogP contribution in [0, 0.1) is 0 Å². The molecule has 0 amide bonds. The standard InChI is InChI=1S/C6H6ClFO2/c1-3-5(8)10-6(9)4(2)7/h3,5H,1-2H2. The van der Waals surface area contributed by atoms with E-state index in [1.54, 1.807) is 0 Å². The van der Waals surface area contributed by atoms with E-state index in [9.17, 15) is 9.18 Å². The molecule has 1 atom stereocenters. The van der Waals surface area contributed by atoms with Crippen molar-refractivity contribution in [2.45, 2.75) is 6.36 Å². The number of halogens is 2.